The molecule has 182 valence electrons. The molecule has 0 saturated carbocycles. The Hall–Kier alpha value is -4.06. The van der Waals surface area contributed by atoms with Crippen LogP contribution in [0.4, 0.5) is 4.39 Å². The Morgan fingerprint density at radius 2 is 1.54 bits per heavy atom. The zero-order valence-electron chi connectivity index (χ0n) is 19.3. The Labute approximate surface area is 221 Å². The molecular weight excluding hydrogens is 510 g/mol. The second-order valence-electron chi connectivity index (χ2n) is 8.83. The molecule has 0 saturated heterocycles. The predicted molar refractivity (Wildman–Crippen MR) is 147 cm³/mol. The average Bonchev–Trinajstić information content (AvgIpc) is 3.41. The number of carbonyl (C=O) groups is 1. The van der Waals surface area contributed by atoms with Crippen molar-refractivity contribution in [1.29, 1.82) is 0 Å². The van der Waals surface area contributed by atoms with Crippen LogP contribution < -0.4 is 0 Å². The minimum Gasteiger partial charge on any atom is -0.477 e. The van der Waals surface area contributed by atoms with Gasteiger partial charge in [-0.25, -0.2) is 9.18 Å². The fourth-order valence-corrected chi connectivity index (χ4v) is 5.28. The number of H-pyrrole nitrogens is 1. The lowest BCUT2D eigenvalue weighted by Crippen LogP contribution is -2.05. The highest BCUT2D eigenvalue weighted by Gasteiger charge is 2.27. The maximum atomic E-state index is 13.9. The van der Waals surface area contributed by atoms with E-state index in [-0.39, 0.29) is 11.5 Å². The van der Waals surface area contributed by atoms with Gasteiger partial charge in [0.15, 0.2) is 0 Å². The zero-order chi connectivity index (χ0) is 25.7. The molecule has 0 aliphatic rings. The van der Waals surface area contributed by atoms with E-state index < -0.39 is 5.97 Å². The number of aromatic carboxylic acids is 1. The third-order valence-electron chi connectivity index (χ3n) is 6.57. The van der Waals surface area contributed by atoms with Crippen LogP contribution in [-0.2, 0) is 6.54 Å². The van der Waals surface area contributed by atoms with Gasteiger partial charge in [0.2, 0.25) is 0 Å². The summed E-state index contributed by atoms with van der Waals surface area (Å²) in [5.74, 6) is -1.43. The van der Waals surface area contributed by atoms with Crippen molar-refractivity contribution in [3.8, 4) is 22.4 Å². The summed E-state index contributed by atoms with van der Waals surface area (Å²) in [4.78, 5) is 15.6. The first-order valence-corrected chi connectivity index (χ1v) is 12.3. The molecule has 0 aliphatic carbocycles. The van der Waals surface area contributed by atoms with Gasteiger partial charge >= 0.3 is 5.97 Å². The van der Waals surface area contributed by atoms with E-state index in [0.29, 0.717) is 33.4 Å². The largest absolute Gasteiger partial charge is 0.477 e. The molecule has 2 N–H and O–H groups in total. The van der Waals surface area contributed by atoms with Crippen LogP contribution >= 0.6 is 23.2 Å². The molecule has 6 rings (SSSR count). The van der Waals surface area contributed by atoms with Crippen LogP contribution in [-0.4, -0.2) is 20.6 Å². The smallest absolute Gasteiger partial charge is 0.353 e. The van der Waals surface area contributed by atoms with Gasteiger partial charge in [0.1, 0.15) is 11.5 Å². The summed E-state index contributed by atoms with van der Waals surface area (Å²) in [6, 6.07) is 27.0. The van der Waals surface area contributed by atoms with Crippen LogP contribution in [0.1, 0.15) is 16.1 Å². The van der Waals surface area contributed by atoms with Gasteiger partial charge in [0, 0.05) is 49.5 Å². The van der Waals surface area contributed by atoms with Crippen molar-refractivity contribution >= 4 is 51.0 Å². The second-order valence-corrected chi connectivity index (χ2v) is 9.70. The summed E-state index contributed by atoms with van der Waals surface area (Å²) in [6.07, 6.45) is 0. The molecule has 0 unspecified atom stereocenters. The number of hydrogen-bond acceptors (Lipinski definition) is 1. The highest BCUT2D eigenvalue weighted by Crippen LogP contribution is 2.45. The fraction of sp³-hybridized carbons (Fsp3) is 0.0333. The van der Waals surface area contributed by atoms with Gasteiger partial charge in [-0.05, 0) is 53.6 Å². The maximum Gasteiger partial charge on any atom is 0.353 e. The van der Waals surface area contributed by atoms with Crippen molar-refractivity contribution in [2.24, 2.45) is 0 Å². The molecule has 2 aromatic heterocycles. The summed E-state index contributed by atoms with van der Waals surface area (Å²) in [7, 11) is 0. The molecular formula is C30H19Cl2FN2O2. The van der Waals surface area contributed by atoms with Crippen molar-refractivity contribution in [1.82, 2.24) is 9.55 Å². The molecule has 0 spiro atoms. The van der Waals surface area contributed by atoms with Crippen LogP contribution in [0.15, 0.2) is 91.0 Å². The van der Waals surface area contributed by atoms with Gasteiger partial charge in [0.05, 0.1) is 5.69 Å². The van der Waals surface area contributed by atoms with Gasteiger partial charge in [0.25, 0.3) is 0 Å². The van der Waals surface area contributed by atoms with Gasteiger partial charge in [-0.15, -0.1) is 0 Å². The summed E-state index contributed by atoms with van der Waals surface area (Å²) in [6.45, 7) is 0.466. The Bertz CT molecular complexity index is 1800. The predicted octanol–water partition coefficient (Wildman–Crippen LogP) is 8.65. The molecule has 37 heavy (non-hydrogen) atoms. The summed E-state index contributed by atoms with van der Waals surface area (Å²) in [5, 5.41) is 13.0. The van der Waals surface area contributed by atoms with Crippen LogP contribution in [0.2, 0.25) is 10.0 Å². The van der Waals surface area contributed by atoms with Gasteiger partial charge in [-0.2, -0.15) is 0 Å². The molecule has 0 atom stereocenters. The van der Waals surface area contributed by atoms with Crippen molar-refractivity contribution in [3.63, 3.8) is 0 Å². The molecule has 0 bridgehead atoms. The molecule has 2 heterocycles. The van der Waals surface area contributed by atoms with Gasteiger partial charge in [-0.1, -0.05) is 71.7 Å². The Kier molecular flexibility index (Phi) is 5.75. The van der Waals surface area contributed by atoms with E-state index in [2.05, 4.69) is 9.55 Å². The van der Waals surface area contributed by atoms with E-state index in [9.17, 15) is 14.3 Å². The number of aromatic amines is 1. The number of rotatable bonds is 5. The van der Waals surface area contributed by atoms with E-state index >= 15 is 0 Å². The lowest BCUT2D eigenvalue weighted by molar-refractivity contribution is 0.0692. The van der Waals surface area contributed by atoms with Crippen LogP contribution in [0.25, 0.3) is 44.2 Å². The molecule has 4 aromatic carbocycles. The van der Waals surface area contributed by atoms with Gasteiger partial charge < -0.3 is 14.7 Å². The lowest BCUT2D eigenvalue weighted by Gasteiger charge is -2.14. The molecule has 0 amide bonds. The number of halogens is 3. The number of carboxylic acids is 1. The van der Waals surface area contributed by atoms with Crippen molar-refractivity contribution < 1.29 is 14.3 Å². The Morgan fingerprint density at radius 1 is 0.838 bits per heavy atom. The number of aromatic nitrogens is 2. The normalized spacial score (nSPS) is 11.4. The summed E-state index contributed by atoms with van der Waals surface area (Å²) in [5.41, 5.74) is 5.46. The lowest BCUT2D eigenvalue weighted by atomic mass is 9.96. The number of nitrogens with one attached hydrogen (secondary N) is 1. The standard InChI is InChI=1S/C30H19Cl2FN2O2/c31-19-9-5-17(6-10-19)16-35-25-4-2-1-3-23(25)26(18-7-12-21(33)13-8-18)29(35)27-22-14-11-20(32)15-24(22)34-28(27)30(36)37/h1-15,34H,16H2,(H,36,37). The number of benzene rings is 4. The third-order valence-corrected chi connectivity index (χ3v) is 7.06. The maximum absolute atomic E-state index is 13.9. The number of fused-ring (bicyclic) bond motifs is 2. The highest BCUT2D eigenvalue weighted by atomic mass is 35.5. The van der Waals surface area contributed by atoms with E-state index in [0.717, 1.165) is 33.0 Å². The quantitative estimate of drug-likeness (QED) is 0.235. The summed E-state index contributed by atoms with van der Waals surface area (Å²) < 4.78 is 16.0. The Morgan fingerprint density at radius 3 is 2.27 bits per heavy atom. The van der Waals surface area contributed by atoms with Crippen molar-refractivity contribution in [2.45, 2.75) is 6.54 Å². The van der Waals surface area contributed by atoms with Crippen LogP contribution in [0.3, 0.4) is 0 Å². The highest BCUT2D eigenvalue weighted by molar-refractivity contribution is 6.31. The first-order valence-electron chi connectivity index (χ1n) is 11.6. The van der Waals surface area contributed by atoms with E-state index in [4.69, 9.17) is 23.2 Å². The van der Waals surface area contributed by atoms with Crippen LogP contribution in [0, 0.1) is 5.82 Å². The minimum absolute atomic E-state index is 0.0563. The second kappa shape index (κ2) is 9.11. The average molecular weight is 529 g/mol. The molecule has 7 heteroatoms. The zero-order valence-corrected chi connectivity index (χ0v) is 20.8. The van der Waals surface area contributed by atoms with Crippen LogP contribution in [0.5, 0.6) is 0 Å². The van der Waals surface area contributed by atoms with E-state index in [1.807, 2.05) is 54.6 Å². The third kappa shape index (κ3) is 4.06. The molecule has 6 aromatic rings. The number of hydrogen-bond donors (Lipinski definition) is 2. The van der Waals surface area contributed by atoms with Gasteiger partial charge in [-0.3, -0.25) is 0 Å². The first-order chi connectivity index (χ1) is 17.9. The molecule has 0 radical (unpaired) electrons. The topological polar surface area (TPSA) is 58.0 Å². The molecule has 4 nitrogen and oxygen atoms in total. The monoisotopic (exact) mass is 528 g/mol. The fourth-order valence-electron chi connectivity index (χ4n) is 4.98. The first kappa shape index (κ1) is 23.3. The van der Waals surface area contributed by atoms with Crippen molar-refractivity contribution in [3.05, 3.63) is 118 Å². The Balaban J connectivity index is 1.76. The van der Waals surface area contributed by atoms with Crippen molar-refractivity contribution in [2.75, 3.05) is 0 Å². The molecule has 0 aliphatic heterocycles. The minimum atomic E-state index is -1.09. The number of para-hydroxylation sites is 1. The summed E-state index contributed by atoms with van der Waals surface area (Å²) >= 11 is 12.4. The number of carboxylic acid groups (broad SMARTS) is 1. The van der Waals surface area contributed by atoms with E-state index in [1.165, 1.54) is 12.1 Å². The molecule has 0 fully saturated rings. The SMILES string of the molecule is O=C(O)c1[nH]c2cc(Cl)ccc2c1-c1c(-c2ccc(F)cc2)c2ccccc2n1Cc1ccc(Cl)cc1. The van der Waals surface area contributed by atoms with E-state index in [1.54, 1.807) is 24.3 Å². The number of nitrogens with zero attached hydrogens (tertiary/aromatic N) is 1.